The Hall–Kier alpha value is -1.81. The minimum atomic E-state index is -0.221. The van der Waals surface area contributed by atoms with Gasteiger partial charge in [-0.2, -0.15) is 0 Å². The number of rotatable bonds is 4. The van der Waals surface area contributed by atoms with Crippen molar-refractivity contribution in [3.8, 4) is 0 Å². The molecule has 0 radical (unpaired) electrons. The van der Waals surface area contributed by atoms with E-state index in [2.05, 4.69) is 10.5 Å². The summed E-state index contributed by atoms with van der Waals surface area (Å²) in [7, 11) is 0. The van der Waals surface area contributed by atoms with E-state index in [4.69, 9.17) is 4.84 Å². The third kappa shape index (κ3) is 2.31. The van der Waals surface area contributed by atoms with Crippen LogP contribution in [0.3, 0.4) is 0 Å². The van der Waals surface area contributed by atoms with Crippen LogP contribution >= 0.6 is 0 Å². The molecule has 1 aliphatic carbocycles. The summed E-state index contributed by atoms with van der Waals surface area (Å²) in [6, 6.07) is 9.61. The molecule has 2 N–H and O–H groups in total. The maximum Gasteiger partial charge on any atom is 0.291 e. The standard InChI is InChI=1S/C13H14N2O2/c16-13(15-17-8-9-5-6-9)12-7-10-3-1-2-4-11(10)14-12/h1-4,7,9,14H,5-6,8H2,(H,15,16). The summed E-state index contributed by atoms with van der Waals surface area (Å²) in [5.41, 5.74) is 3.95. The summed E-state index contributed by atoms with van der Waals surface area (Å²) in [4.78, 5) is 20.0. The Morgan fingerprint density at radius 3 is 3.00 bits per heavy atom. The number of para-hydroxylation sites is 1. The van der Waals surface area contributed by atoms with Gasteiger partial charge in [-0.1, -0.05) is 18.2 Å². The zero-order valence-corrected chi connectivity index (χ0v) is 9.40. The number of benzene rings is 1. The van der Waals surface area contributed by atoms with Crippen LogP contribution < -0.4 is 5.48 Å². The second-order valence-corrected chi connectivity index (χ2v) is 4.46. The number of nitrogens with one attached hydrogen (secondary N) is 2. The molecule has 0 unspecified atom stereocenters. The molecule has 4 nitrogen and oxygen atoms in total. The topological polar surface area (TPSA) is 54.1 Å². The van der Waals surface area contributed by atoms with Gasteiger partial charge in [-0.3, -0.25) is 9.63 Å². The van der Waals surface area contributed by atoms with Gasteiger partial charge in [0.2, 0.25) is 0 Å². The molecule has 0 bridgehead atoms. The van der Waals surface area contributed by atoms with Crippen LogP contribution in [0.1, 0.15) is 23.3 Å². The molecule has 0 saturated heterocycles. The molecule has 88 valence electrons. The van der Waals surface area contributed by atoms with Gasteiger partial charge in [-0.25, -0.2) is 5.48 Å². The highest BCUT2D eigenvalue weighted by molar-refractivity contribution is 5.97. The van der Waals surface area contributed by atoms with Gasteiger partial charge >= 0.3 is 0 Å². The molecule has 4 heteroatoms. The van der Waals surface area contributed by atoms with Crippen LogP contribution in [-0.4, -0.2) is 17.5 Å². The number of carbonyl (C=O) groups is 1. The van der Waals surface area contributed by atoms with E-state index in [9.17, 15) is 4.79 Å². The lowest BCUT2D eigenvalue weighted by molar-refractivity contribution is 0.0267. The van der Waals surface area contributed by atoms with Crippen molar-refractivity contribution < 1.29 is 9.63 Å². The van der Waals surface area contributed by atoms with Crippen molar-refractivity contribution in [1.29, 1.82) is 0 Å². The minimum absolute atomic E-state index is 0.221. The second kappa shape index (κ2) is 4.22. The van der Waals surface area contributed by atoms with Crippen molar-refractivity contribution in [3.63, 3.8) is 0 Å². The van der Waals surface area contributed by atoms with E-state index in [0.29, 0.717) is 18.2 Å². The van der Waals surface area contributed by atoms with E-state index in [1.807, 2.05) is 30.3 Å². The number of hydrogen-bond donors (Lipinski definition) is 2. The Balaban J connectivity index is 1.67. The Morgan fingerprint density at radius 1 is 1.41 bits per heavy atom. The number of carbonyl (C=O) groups excluding carboxylic acids is 1. The van der Waals surface area contributed by atoms with E-state index >= 15 is 0 Å². The first-order chi connectivity index (χ1) is 8.33. The molecule has 0 spiro atoms. The number of amides is 1. The Kier molecular flexibility index (Phi) is 2.57. The Labute approximate surface area is 98.9 Å². The zero-order valence-electron chi connectivity index (χ0n) is 9.40. The molecule has 1 aliphatic rings. The monoisotopic (exact) mass is 230 g/mol. The quantitative estimate of drug-likeness (QED) is 0.791. The van der Waals surface area contributed by atoms with Crippen LogP contribution in [0.15, 0.2) is 30.3 Å². The largest absolute Gasteiger partial charge is 0.350 e. The molecule has 1 heterocycles. The first-order valence-electron chi connectivity index (χ1n) is 5.83. The van der Waals surface area contributed by atoms with E-state index < -0.39 is 0 Å². The van der Waals surface area contributed by atoms with Crippen molar-refractivity contribution in [2.24, 2.45) is 5.92 Å². The maximum absolute atomic E-state index is 11.7. The average Bonchev–Trinajstić information content (AvgIpc) is 3.06. The highest BCUT2D eigenvalue weighted by Gasteiger charge is 2.22. The molecule has 3 rings (SSSR count). The van der Waals surface area contributed by atoms with Crippen molar-refractivity contribution >= 4 is 16.8 Å². The molecular weight excluding hydrogens is 216 g/mol. The van der Waals surface area contributed by atoms with E-state index in [1.165, 1.54) is 12.8 Å². The van der Waals surface area contributed by atoms with Gasteiger partial charge in [0.15, 0.2) is 0 Å². The van der Waals surface area contributed by atoms with Crippen LogP contribution in [0.4, 0.5) is 0 Å². The number of aromatic amines is 1. The van der Waals surface area contributed by atoms with Gasteiger partial charge in [-0.15, -0.1) is 0 Å². The lowest BCUT2D eigenvalue weighted by Crippen LogP contribution is -2.24. The molecule has 1 aromatic heterocycles. The molecule has 2 aromatic rings. The number of fused-ring (bicyclic) bond motifs is 1. The summed E-state index contributed by atoms with van der Waals surface area (Å²) >= 11 is 0. The fourth-order valence-corrected chi connectivity index (χ4v) is 1.76. The number of hydrogen-bond acceptors (Lipinski definition) is 2. The third-order valence-electron chi connectivity index (χ3n) is 2.96. The number of aromatic nitrogens is 1. The average molecular weight is 230 g/mol. The third-order valence-corrected chi connectivity index (χ3v) is 2.96. The minimum Gasteiger partial charge on any atom is -0.350 e. The van der Waals surface area contributed by atoms with Gasteiger partial charge in [0.05, 0.1) is 6.61 Å². The van der Waals surface area contributed by atoms with Crippen molar-refractivity contribution in [1.82, 2.24) is 10.5 Å². The molecule has 1 aromatic carbocycles. The fourth-order valence-electron chi connectivity index (χ4n) is 1.76. The number of H-pyrrole nitrogens is 1. The van der Waals surface area contributed by atoms with E-state index in [0.717, 1.165) is 10.9 Å². The SMILES string of the molecule is O=C(NOCC1CC1)c1cc2ccccc2[nH]1. The first-order valence-corrected chi connectivity index (χ1v) is 5.83. The maximum atomic E-state index is 11.7. The second-order valence-electron chi connectivity index (χ2n) is 4.46. The summed E-state index contributed by atoms with van der Waals surface area (Å²) in [6.07, 6.45) is 2.42. The van der Waals surface area contributed by atoms with Crippen LogP contribution in [-0.2, 0) is 4.84 Å². The van der Waals surface area contributed by atoms with Crippen LogP contribution in [0, 0.1) is 5.92 Å². The lowest BCUT2D eigenvalue weighted by Gasteiger charge is -2.02. The Morgan fingerprint density at radius 2 is 2.24 bits per heavy atom. The van der Waals surface area contributed by atoms with Gasteiger partial charge in [0, 0.05) is 10.9 Å². The lowest BCUT2D eigenvalue weighted by atomic mass is 10.2. The highest BCUT2D eigenvalue weighted by Crippen LogP contribution is 2.28. The molecule has 17 heavy (non-hydrogen) atoms. The Bertz CT molecular complexity index is 510. The van der Waals surface area contributed by atoms with E-state index in [-0.39, 0.29) is 5.91 Å². The zero-order chi connectivity index (χ0) is 11.7. The smallest absolute Gasteiger partial charge is 0.291 e. The van der Waals surface area contributed by atoms with Crippen molar-refractivity contribution in [3.05, 3.63) is 36.0 Å². The molecule has 0 aliphatic heterocycles. The summed E-state index contributed by atoms with van der Waals surface area (Å²) in [5.74, 6) is 0.417. The summed E-state index contributed by atoms with van der Waals surface area (Å²) < 4.78 is 0. The normalized spacial score (nSPS) is 15.1. The summed E-state index contributed by atoms with van der Waals surface area (Å²) in [6.45, 7) is 0.617. The van der Waals surface area contributed by atoms with E-state index in [1.54, 1.807) is 0 Å². The van der Waals surface area contributed by atoms with Gasteiger partial charge in [0.25, 0.3) is 5.91 Å². The van der Waals surface area contributed by atoms with Crippen LogP contribution in [0.5, 0.6) is 0 Å². The molecule has 1 amide bonds. The first kappa shape index (κ1) is 10.4. The predicted octanol–water partition coefficient (Wildman–Crippen LogP) is 2.24. The highest BCUT2D eigenvalue weighted by atomic mass is 16.7. The fraction of sp³-hybridized carbons (Fsp3) is 0.308. The predicted molar refractivity (Wildman–Crippen MR) is 64.4 cm³/mol. The van der Waals surface area contributed by atoms with Crippen molar-refractivity contribution in [2.45, 2.75) is 12.8 Å². The number of hydroxylamine groups is 1. The van der Waals surface area contributed by atoms with Crippen LogP contribution in [0.25, 0.3) is 10.9 Å². The van der Waals surface area contributed by atoms with Crippen molar-refractivity contribution in [2.75, 3.05) is 6.61 Å². The summed E-state index contributed by atoms with van der Waals surface area (Å²) in [5, 5.41) is 1.03. The van der Waals surface area contributed by atoms with Gasteiger partial charge in [-0.05, 0) is 30.9 Å². The van der Waals surface area contributed by atoms with Gasteiger partial charge in [0.1, 0.15) is 5.69 Å². The molecule has 1 fully saturated rings. The molecule has 0 atom stereocenters. The molecular formula is C13H14N2O2. The van der Waals surface area contributed by atoms with Crippen LogP contribution in [0.2, 0.25) is 0 Å². The van der Waals surface area contributed by atoms with Gasteiger partial charge < -0.3 is 4.98 Å². The molecule has 1 saturated carbocycles.